The van der Waals surface area contributed by atoms with Crippen molar-refractivity contribution < 1.29 is 27.9 Å². The minimum absolute atomic E-state index is 0.00210. The number of urea groups is 1. The highest BCUT2D eigenvalue weighted by Gasteiger charge is 2.40. The molecular formula is C41H45F2N13O4. The smallest absolute Gasteiger partial charge is 0.329 e. The van der Waals surface area contributed by atoms with Crippen molar-refractivity contribution in [2.75, 3.05) is 74.1 Å². The number of halogens is 2. The fraction of sp³-hybridized carbons (Fsp3) is 0.488. The molecule has 10 rings (SSSR count). The molecule has 0 unspecified atom stereocenters. The zero-order valence-corrected chi connectivity index (χ0v) is 32.9. The minimum Gasteiger partial charge on any atom is -0.374 e. The quantitative estimate of drug-likeness (QED) is 0.209. The lowest BCUT2D eigenvalue weighted by molar-refractivity contribution is -0.120. The van der Waals surface area contributed by atoms with E-state index < -0.39 is 24.1 Å². The third-order valence-corrected chi connectivity index (χ3v) is 12.5. The van der Waals surface area contributed by atoms with Crippen LogP contribution in [0.5, 0.6) is 0 Å². The van der Waals surface area contributed by atoms with Crippen LogP contribution >= 0.6 is 0 Å². The Balaban J connectivity index is 0.697. The Bertz CT molecular complexity index is 2510. The summed E-state index contributed by atoms with van der Waals surface area (Å²) in [7, 11) is 0. The number of anilines is 3. The molecule has 17 nitrogen and oxygen atoms in total. The van der Waals surface area contributed by atoms with Crippen molar-refractivity contribution in [2.24, 2.45) is 5.92 Å². The number of carbonyl (C=O) groups excluding carboxylic acids is 3. The van der Waals surface area contributed by atoms with Gasteiger partial charge in [0.05, 0.1) is 49.4 Å². The van der Waals surface area contributed by atoms with E-state index in [1.54, 1.807) is 23.3 Å². The van der Waals surface area contributed by atoms with Gasteiger partial charge in [0.15, 0.2) is 11.3 Å². The van der Waals surface area contributed by atoms with Crippen molar-refractivity contribution in [1.82, 2.24) is 48.9 Å². The Morgan fingerprint density at radius 2 is 1.85 bits per heavy atom. The Kier molecular flexibility index (Phi) is 10.1. The number of nitrogens with zero attached hydrogens (tertiary/aromatic N) is 11. The summed E-state index contributed by atoms with van der Waals surface area (Å²) in [4.78, 5) is 55.1. The van der Waals surface area contributed by atoms with Gasteiger partial charge < -0.3 is 19.9 Å². The molecule has 2 N–H and O–H groups in total. The first-order valence-electron chi connectivity index (χ1n) is 20.7. The van der Waals surface area contributed by atoms with Crippen LogP contribution in [-0.4, -0.2) is 133 Å². The highest BCUT2D eigenvalue weighted by Crippen LogP contribution is 2.36. The summed E-state index contributed by atoms with van der Waals surface area (Å²) >= 11 is 0. The van der Waals surface area contributed by atoms with Crippen molar-refractivity contribution in [3.05, 3.63) is 66.0 Å². The van der Waals surface area contributed by atoms with E-state index in [0.717, 1.165) is 82.8 Å². The molecule has 1 saturated carbocycles. The molecule has 9 heterocycles. The second-order valence-corrected chi connectivity index (χ2v) is 16.3. The van der Waals surface area contributed by atoms with Crippen LogP contribution in [0.2, 0.25) is 0 Å². The Morgan fingerprint density at radius 3 is 2.62 bits per heavy atom. The van der Waals surface area contributed by atoms with Crippen LogP contribution in [-0.2, 0) is 9.53 Å². The molecule has 19 heteroatoms. The van der Waals surface area contributed by atoms with Crippen LogP contribution in [0.25, 0.3) is 11.3 Å². The van der Waals surface area contributed by atoms with Gasteiger partial charge in [0, 0.05) is 76.4 Å². The van der Waals surface area contributed by atoms with E-state index in [9.17, 15) is 23.2 Å². The number of pyridine rings is 1. The summed E-state index contributed by atoms with van der Waals surface area (Å²) in [5, 5.41) is 13.6. The lowest BCUT2D eigenvalue weighted by atomic mass is 9.85. The number of hydrogen-bond donors (Lipinski definition) is 2. The van der Waals surface area contributed by atoms with E-state index >= 15 is 0 Å². The molecule has 4 amide bonds. The first-order valence-corrected chi connectivity index (χ1v) is 20.7. The monoisotopic (exact) mass is 821 g/mol. The topological polar surface area (TPSA) is 163 Å². The molecule has 5 fully saturated rings. The molecule has 4 aliphatic heterocycles. The van der Waals surface area contributed by atoms with Gasteiger partial charge in [-0.2, -0.15) is 10.2 Å². The normalized spacial score (nSPS) is 23.8. The molecule has 5 aromatic rings. The zero-order chi connectivity index (χ0) is 40.9. The number of hydrogen-bond acceptors (Lipinski definition) is 11. The third-order valence-electron chi connectivity index (χ3n) is 12.5. The molecule has 5 aromatic heterocycles. The van der Waals surface area contributed by atoms with Gasteiger partial charge in [-0.05, 0) is 56.2 Å². The van der Waals surface area contributed by atoms with E-state index in [1.165, 1.54) is 15.6 Å². The van der Waals surface area contributed by atoms with Crippen LogP contribution in [0.1, 0.15) is 72.6 Å². The SMILES string of the molecule is O=C1CCN(c2cnc3cc(C#CCN4CCN(C[C@H]5CC[C@H](n6cc(NC(=O)c7cnn8ccc(N9C[C@H]%10C[C@@H]9CO%10)nc78)c(C(F)F)n6)CC5)CC4)ccn23)C(=O)N1. The summed E-state index contributed by atoms with van der Waals surface area (Å²) < 4.78 is 39.2. The van der Waals surface area contributed by atoms with E-state index in [-0.39, 0.29) is 41.8 Å². The summed E-state index contributed by atoms with van der Waals surface area (Å²) in [5.74, 6) is 7.57. The van der Waals surface area contributed by atoms with Crippen LogP contribution in [0, 0.1) is 17.8 Å². The number of nitrogens with one attached hydrogen (secondary N) is 2. The maximum atomic E-state index is 14.3. The van der Waals surface area contributed by atoms with E-state index in [4.69, 9.17) is 9.72 Å². The maximum absolute atomic E-state index is 14.3. The first kappa shape index (κ1) is 38.2. The molecule has 0 spiro atoms. The number of imide groups is 1. The van der Waals surface area contributed by atoms with Gasteiger partial charge in [-0.25, -0.2) is 28.1 Å². The predicted molar refractivity (Wildman–Crippen MR) is 215 cm³/mol. The number of carbonyl (C=O) groups is 3. The second-order valence-electron chi connectivity index (χ2n) is 16.3. The molecule has 4 saturated heterocycles. The molecule has 0 radical (unpaired) electrons. The number of imidazole rings is 1. The summed E-state index contributed by atoms with van der Waals surface area (Å²) in [5.41, 5.74) is 1.63. The van der Waals surface area contributed by atoms with Crippen molar-refractivity contribution in [2.45, 2.75) is 63.1 Å². The minimum atomic E-state index is -2.85. The standard InChI is InChI=1S/C41H45F2N13O4/c42-38(43)37-32(46-40(58)31-20-45-55-13-8-33(47-39(31)55)54-23-30-19-29(54)25-60-30)24-56(49-37)28-5-3-27(4-6-28)22-51-16-14-50(15-17-51)10-1-2-26-7-11-52-34(18-26)44-21-36(52)53-12-9-35(57)48-41(53)59/h7-8,11,13,18,20-21,24,27-30,38H,3-6,9-10,12,14-17,19,22-23,25H2,(H,46,58)(H,48,57,59)/t27-,28-,29-,30-/m1/s1. The molecule has 5 aliphatic rings. The summed E-state index contributed by atoms with van der Waals surface area (Å²) in [6, 6.07) is 5.43. The Labute approximate surface area is 343 Å². The van der Waals surface area contributed by atoms with Crippen molar-refractivity contribution in [1.29, 1.82) is 0 Å². The van der Waals surface area contributed by atoms with Crippen LogP contribution in [0.4, 0.5) is 30.9 Å². The number of morpholine rings is 1. The highest BCUT2D eigenvalue weighted by atomic mass is 19.3. The lowest BCUT2D eigenvalue weighted by Crippen LogP contribution is -2.50. The van der Waals surface area contributed by atoms with Crippen LogP contribution in [0.15, 0.2) is 49.2 Å². The third kappa shape index (κ3) is 7.54. The fourth-order valence-electron chi connectivity index (χ4n) is 9.27. The zero-order valence-electron chi connectivity index (χ0n) is 32.9. The fourth-order valence-corrected chi connectivity index (χ4v) is 9.27. The Morgan fingerprint density at radius 1 is 1.02 bits per heavy atom. The largest absolute Gasteiger partial charge is 0.374 e. The van der Waals surface area contributed by atoms with Crippen LogP contribution in [0.3, 0.4) is 0 Å². The number of fused-ring (bicyclic) bond motifs is 4. The maximum Gasteiger partial charge on any atom is 0.329 e. The van der Waals surface area contributed by atoms with Crippen molar-refractivity contribution in [3.8, 4) is 11.8 Å². The molecule has 2 atom stereocenters. The summed E-state index contributed by atoms with van der Waals surface area (Å²) in [6.45, 7) is 7.11. The highest BCUT2D eigenvalue weighted by molar-refractivity contribution is 6.08. The molecule has 2 bridgehead atoms. The molecule has 312 valence electrons. The lowest BCUT2D eigenvalue weighted by Gasteiger charge is -2.37. The van der Waals surface area contributed by atoms with E-state index in [1.807, 2.05) is 28.8 Å². The number of alkyl halides is 2. The number of piperazine rings is 1. The van der Waals surface area contributed by atoms with Gasteiger partial charge in [0.1, 0.15) is 22.8 Å². The van der Waals surface area contributed by atoms with Gasteiger partial charge in [-0.1, -0.05) is 11.8 Å². The molecule has 0 aromatic carbocycles. The van der Waals surface area contributed by atoms with Gasteiger partial charge >= 0.3 is 6.03 Å². The second kappa shape index (κ2) is 15.9. The number of amides is 4. The van der Waals surface area contributed by atoms with Gasteiger partial charge in [-0.3, -0.25) is 33.8 Å². The van der Waals surface area contributed by atoms with Gasteiger partial charge in [0.25, 0.3) is 12.3 Å². The van der Waals surface area contributed by atoms with Crippen LogP contribution < -0.4 is 20.4 Å². The molecular weight excluding hydrogens is 777 g/mol. The number of rotatable bonds is 9. The van der Waals surface area contributed by atoms with E-state index in [0.29, 0.717) is 42.7 Å². The molecule has 60 heavy (non-hydrogen) atoms. The van der Waals surface area contributed by atoms with E-state index in [2.05, 4.69) is 52.4 Å². The predicted octanol–water partition coefficient (Wildman–Crippen LogP) is 3.59. The summed E-state index contributed by atoms with van der Waals surface area (Å²) in [6.07, 6.45) is 10.3. The van der Waals surface area contributed by atoms with Gasteiger partial charge in [0.2, 0.25) is 5.91 Å². The number of ether oxygens (including phenoxy) is 1. The van der Waals surface area contributed by atoms with Gasteiger partial charge in [-0.15, -0.1) is 0 Å². The number of aromatic nitrogens is 7. The first-order chi connectivity index (χ1) is 29.2. The van der Waals surface area contributed by atoms with Crippen molar-refractivity contribution in [3.63, 3.8) is 0 Å². The molecule has 1 aliphatic carbocycles. The van der Waals surface area contributed by atoms with Crippen molar-refractivity contribution >= 4 is 46.5 Å². The average molecular weight is 822 g/mol. The Hall–Kier alpha value is -5.97. The average Bonchev–Trinajstić information content (AvgIpc) is 4.11.